The molecule has 0 aliphatic heterocycles. The molecule has 2 N–H and O–H groups in total. The first-order chi connectivity index (χ1) is 8.79. The fourth-order valence-electron chi connectivity index (χ4n) is 1.31. The topological polar surface area (TPSA) is 166 Å². The third-order valence-electron chi connectivity index (χ3n) is 2.22. The number of nitro groups is 2. The van der Waals surface area contributed by atoms with Crippen LogP contribution in [0.2, 0.25) is 0 Å². The largest absolute Gasteiger partial charge is 0.480 e. The number of carboxylic acid groups (broad SMARTS) is 1. The summed E-state index contributed by atoms with van der Waals surface area (Å²) < 4.78 is 0.542. The Hall–Kier alpha value is -2.82. The van der Waals surface area contributed by atoms with E-state index in [4.69, 9.17) is 10.2 Å². The second-order valence-corrected chi connectivity index (χ2v) is 3.36. The van der Waals surface area contributed by atoms with Gasteiger partial charge in [0.1, 0.15) is 0 Å². The molecule has 0 aliphatic rings. The predicted molar refractivity (Wildman–Crippen MR) is 57.8 cm³/mol. The maximum atomic E-state index is 11.4. The number of aliphatic hydroxyl groups excluding tert-OH is 1. The van der Waals surface area contributed by atoms with Gasteiger partial charge in [-0.1, -0.05) is 0 Å². The Morgan fingerprint density at radius 3 is 1.95 bits per heavy atom. The molecule has 1 heterocycles. The van der Waals surface area contributed by atoms with E-state index >= 15 is 0 Å². The number of nitrogens with zero attached hydrogens (tertiary/aromatic N) is 3. The number of hydrogen-bond donors (Lipinski definition) is 2. The molecule has 0 amide bonds. The molecule has 0 unspecified atom stereocenters. The smallest absolute Gasteiger partial charge is 0.339 e. The molecule has 11 heteroatoms. The van der Waals surface area contributed by atoms with Crippen LogP contribution in [0.25, 0.3) is 0 Å². The van der Waals surface area contributed by atoms with Gasteiger partial charge in [0.25, 0.3) is 0 Å². The van der Waals surface area contributed by atoms with Gasteiger partial charge >= 0.3 is 22.8 Å². The van der Waals surface area contributed by atoms with E-state index in [0.717, 1.165) is 0 Å². The van der Waals surface area contributed by atoms with E-state index < -0.39 is 45.3 Å². The van der Waals surface area contributed by atoms with Crippen LogP contribution in [0.5, 0.6) is 0 Å². The minimum atomic E-state index is -1.67. The summed E-state index contributed by atoms with van der Waals surface area (Å²) in [5.41, 5.74) is -3.73. The molecule has 0 fully saturated rings. The Morgan fingerprint density at radius 1 is 1.26 bits per heavy atom. The van der Waals surface area contributed by atoms with Crippen molar-refractivity contribution in [3.63, 3.8) is 0 Å². The first-order valence-corrected chi connectivity index (χ1v) is 4.67. The van der Waals surface area contributed by atoms with Crippen molar-refractivity contribution in [2.24, 2.45) is 0 Å². The van der Waals surface area contributed by atoms with E-state index in [9.17, 15) is 29.8 Å². The second-order valence-electron chi connectivity index (χ2n) is 3.36. The predicted octanol–water partition coefficient (Wildman–Crippen LogP) is -0.717. The van der Waals surface area contributed by atoms with Crippen LogP contribution < -0.4 is 5.43 Å². The number of aliphatic hydroxyl groups is 1. The minimum absolute atomic E-state index is 0.532. The number of carbonyl (C=O) groups is 1. The average molecular weight is 273 g/mol. The van der Waals surface area contributed by atoms with Crippen molar-refractivity contribution >= 4 is 17.3 Å². The van der Waals surface area contributed by atoms with Crippen LogP contribution in [0, 0.1) is 20.2 Å². The second kappa shape index (κ2) is 5.22. The SMILES string of the molecule is O=C(O)[C@H](CO)n1cc([N+](=O)[O-])c(=O)c([N+](=O)[O-])c1. The van der Waals surface area contributed by atoms with E-state index in [1.165, 1.54) is 0 Å². The number of rotatable bonds is 5. The van der Waals surface area contributed by atoms with Crippen LogP contribution in [-0.2, 0) is 4.79 Å². The minimum Gasteiger partial charge on any atom is -0.480 e. The molecule has 1 rings (SSSR count). The van der Waals surface area contributed by atoms with Crippen molar-refractivity contribution < 1.29 is 24.9 Å². The van der Waals surface area contributed by atoms with Gasteiger partial charge in [-0.15, -0.1) is 0 Å². The van der Waals surface area contributed by atoms with Crippen molar-refractivity contribution in [2.45, 2.75) is 6.04 Å². The molecule has 0 saturated carbocycles. The fourth-order valence-corrected chi connectivity index (χ4v) is 1.31. The highest BCUT2D eigenvalue weighted by Gasteiger charge is 2.28. The summed E-state index contributed by atoms with van der Waals surface area (Å²) in [6.45, 7) is -0.952. The number of pyridine rings is 1. The highest BCUT2D eigenvalue weighted by molar-refractivity contribution is 5.72. The molecule has 0 radical (unpaired) electrons. The number of aromatic nitrogens is 1. The van der Waals surface area contributed by atoms with E-state index in [-0.39, 0.29) is 0 Å². The Labute approximate surface area is 103 Å². The van der Waals surface area contributed by atoms with Gasteiger partial charge in [0.2, 0.25) is 0 Å². The summed E-state index contributed by atoms with van der Waals surface area (Å²) in [5.74, 6) is -1.56. The zero-order chi connectivity index (χ0) is 14.7. The van der Waals surface area contributed by atoms with Crippen LogP contribution in [0.4, 0.5) is 11.4 Å². The van der Waals surface area contributed by atoms with Gasteiger partial charge < -0.3 is 14.8 Å². The summed E-state index contributed by atoms with van der Waals surface area (Å²) in [7, 11) is 0. The first-order valence-electron chi connectivity index (χ1n) is 4.67. The highest BCUT2D eigenvalue weighted by Crippen LogP contribution is 2.16. The molecule has 0 aromatic carbocycles. The van der Waals surface area contributed by atoms with Crippen molar-refractivity contribution in [3.8, 4) is 0 Å². The lowest BCUT2D eigenvalue weighted by Gasteiger charge is -2.12. The lowest BCUT2D eigenvalue weighted by atomic mass is 10.2. The molecule has 11 nitrogen and oxygen atoms in total. The van der Waals surface area contributed by atoms with E-state index in [1.807, 2.05) is 0 Å². The summed E-state index contributed by atoms with van der Waals surface area (Å²) in [5, 5.41) is 38.8. The Morgan fingerprint density at radius 2 is 1.68 bits per heavy atom. The van der Waals surface area contributed by atoms with Crippen molar-refractivity contribution in [3.05, 3.63) is 42.8 Å². The van der Waals surface area contributed by atoms with Crippen LogP contribution in [0.1, 0.15) is 6.04 Å². The molecule has 0 bridgehead atoms. The lowest BCUT2D eigenvalue weighted by molar-refractivity contribution is -0.397. The summed E-state index contributed by atoms with van der Waals surface area (Å²) in [6.07, 6.45) is 1.06. The molecule has 0 aliphatic carbocycles. The molecule has 1 aromatic rings. The zero-order valence-electron chi connectivity index (χ0n) is 9.12. The van der Waals surface area contributed by atoms with Crippen LogP contribution in [0.15, 0.2) is 17.2 Å². The lowest BCUT2D eigenvalue weighted by Crippen LogP contribution is -2.25. The highest BCUT2D eigenvalue weighted by atomic mass is 16.6. The Balaban J connectivity index is 3.59. The summed E-state index contributed by atoms with van der Waals surface area (Å²) in [6, 6.07) is -1.67. The average Bonchev–Trinajstić information content (AvgIpc) is 2.30. The van der Waals surface area contributed by atoms with Crippen molar-refractivity contribution in [1.82, 2.24) is 4.57 Å². The van der Waals surface area contributed by atoms with Gasteiger partial charge in [-0.05, 0) is 0 Å². The maximum absolute atomic E-state index is 11.4. The Bertz CT molecular complexity index is 568. The van der Waals surface area contributed by atoms with Gasteiger partial charge in [0.05, 0.1) is 28.8 Å². The molecule has 0 spiro atoms. The standard InChI is InChI=1S/C8H7N3O8/c12-3-6(8(14)15)9-1-4(10(16)17)7(13)5(2-9)11(18)19/h1-2,6,12H,3H2,(H,14,15)/t6-/m0/s1. The van der Waals surface area contributed by atoms with Crippen molar-refractivity contribution in [2.75, 3.05) is 6.61 Å². The van der Waals surface area contributed by atoms with Gasteiger partial charge in [-0.2, -0.15) is 0 Å². The quantitative estimate of drug-likeness (QED) is 0.523. The molecule has 102 valence electrons. The zero-order valence-corrected chi connectivity index (χ0v) is 9.12. The fraction of sp³-hybridized carbons (Fsp3) is 0.250. The number of hydrogen-bond acceptors (Lipinski definition) is 7. The Kier molecular flexibility index (Phi) is 3.91. The third-order valence-corrected chi connectivity index (χ3v) is 2.22. The number of carboxylic acids is 1. The molecule has 0 saturated heterocycles. The van der Waals surface area contributed by atoms with Gasteiger partial charge in [0, 0.05) is 0 Å². The monoisotopic (exact) mass is 273 g/mol. The van der Waals surface area contributed by atoms with Crippen molar-refractivity contribution in [1.29, 1.82) is 0 Å². The third kappa shape index (κ3) is 2.71. The summed E-state index contributed by atoms with van der Waals surface area (Å²) >= 11 is 0. The van der Waals surface area contributed by atoms with Gasteiger partial charge in [0.15, 0.2) is 6.04 Å². The van der Waals surface area contributed by atoms with Gasteiger partial charge in [-0.25, -0.2) is 4.79 Å². The molecular formula is C8H7N3O8. The van der Waals surface area contributed by atoms with Crippen LogP contribution in [-0.4, -0.2) is 37.2 Å². The first kappa shape index (κ1) is 14.2. The molecular weight excluding hydrogens is 266 g/mol. The van der Waals surface area contributed by atoms with E-state index in [1.54, 1.807) is 0 Å². The number of aliphatic carboxylic acids is 1. The van der Waals surface area contributed by atoms with Gasteiger partial charge in [-0.3, -0.25) is 25.0 Å². The summed E-state index contributed by atoms with van der Waals surface area (Å²) in [4.78, 5) is 41.0. The maximum Gasteiger partial charge on any atom is 0.339 e. The molecule has 19 heavy (non-hydrogen) atoms. The normalized spacial score (nSPS) is 11.8. The van der Waals surface area contributed by atoms with E-state index in [0.29, 0.717) is 17.0 Å². The van der Waals surface area contributed by atoms with Crippen LogP contribution >= 0.6 is 0 Å². The molecule has 1 atom stereocenters. The van der Waals surface area contributed by atoms with Crippen LogP contribution in [0.3, 0.4) is 0 Å². The molecule has 1 aromatic heterocycles. The van der Waals surface area contributed by atoms with E-state index in [2.05, 4.69) is 0 Å².